The van der Waals surface area contributed by atoms with E-state index in [1.165, 1.54) is 38.6 Å². The second-order valence-corrected chi connectivity index (χ2v) is 59.0. The Labute approximate surface area is 244 Å². The summed E-state index contributed by atoms with van der Waals surface area (Å²) >= 11 is 14.1. The van der Waals surface area contributed by atoms with E-state index in [-0.39, 0.29) is 7.25 Å². The van der Waals surface area contributed by atoms with Crippen molar-refractivity contribution >= 4 is 79.5 Å². The summed E-state index contributed by atoms with van der Waals surface area (Å²) in [4.78, 5) is 0. The number of halogens is 5. The molecule has 3 atom stereocenters. The summed E-state index contributed by atoms with van der Waals surface area (Å²) in [7, 11) is 17.1. The average molecular weight is 703 g/mol. The van der Waals surface area contributed by atoms with Crippen molar-refractivity contribution in [2.24, 2.45) is 0 Å². The van der Waals surface area contributed by atoms with Crippen molar-refractivity contribution in [2.45, 2.75) is 39.6 Å². The summed E-state index contributed by atoms with van der Waals surface area (Å²) in [6.45, 7) is 4.46. The Morgan fingerprint density at radius 3 is 1.65 bits per heavy atom. The third kappa shape index (κ3) is 5.22. The molecule has 0 radical (unpaired) electrons. The molecule has 3 unspecified atom stereocenters. The second kappa shape index (κ2) is 10.7. The Balaban J connectivity index is 1.77. The van der Waals surface area contributed by atoms with E-state index < -0.39 is 27.5 Å². The van der Waals surface area contributed by atoms with Gasteiger partial charge in [-0.1, -0.05) is 0 Å². The van der Waals surface area contributed by atoms with E-state index in [9.17, 15) is 0 Å². The minimum atomic E-state index is -4.96. The molecule has 0 nitrogen and oxygen atoms in total. The van der Waals surface area contributed by atoms with Gasteiger partial charge in [0.25, 0.3) is 0 Å². The number of hydrogen-bond donors (Lipinski definition) is 0. The van der Waals surface area contributed by atoms with Crippen molar-refractivity contribution < 1.29 is 15.6 Å². The number of fused-ring (bicyclic) bond motifs is 2. The number of benzene rings is 3. The normalized spacial score (nSPS) is 20.9. The van der Waals surface area contributed by atoms with Gasteiger partial charge in [-0.05, 0) is 0 Å². The molecule has 0 saturated heterocycles. The Morgan fingerprint density at radius 2 is 1.16 bits per heavy atom. The summed E-state index contributed by atoms with van der Waals surface area (Å²) in [5, 5.41) is 1.33. The van der Waals surface area contributed by atoms with Crippen molar-refractivity contribution in [3.8, 4) is 0 Å². The summed E-state index contributed by atoms with van der Waals surface area (Å²) < 4.78 is 0.0877. The molecule has 0 N–H and O–H groups in total. The second-order valence-electron chi connectivity index (χ2n) is 10.6. The van der Waals surface area contributed by atoms with Gasteiger partial charge < -0.3 is 0 Å². The van der Waals surface area contributed by atoms with Crippen LogP contribution in [0.3, 0.4) is 0 Å². The molecule has 3 aromatic rings. The fourth-order valence-electron chi connectivity index (χ4n) is 6.94. The molecular weight excluding hydrogens is 673 g/mol. The first-order valence-corrected chi connectivity index (χ1v) is 33.4. The van der Waals surface area contributed by atoms with Gasteiger partial charge in [-0.15, -0.1) is 0 Å². The Kier molecular flexibility index (Phi) is 8.23. The quantitative estimate of drug-likeness (QED) is 0.162. The predicted molar refractivity (Wildman–Crippen MR) is 168 cm³/mol. The van der Waals surface area contributed by atoms with Crippen molar-refractivity contribution in [1.82, 2.24) is 0 Å². The average Bonchev–Trinajstić information content (AvgIpc) is 3.38. The van der Waals surface area contributed by atoms with Gasteiger partial charge in [0.15, 0.2) is 0 Å². The zero-order valence-corrected chi connectivity index (χ0v) is 29.3. The molecule has 3 aromatic carbocycles. The van der Waals surface area contributed by atoms with Crippen LogP contribution in [0.4, 0.5) is 0 Å². The van der Waals surface area contributed by atoms with Crippen LogP contribution in [0.1, 0.15) is 49.8 Å². The Morgan fingerprint density at radius 1 is 0.703 bits per heavy atom. The van der Waals surface area contributed by atoms with Crippen LogP contribution in [0.25, 0.3) is 12.2 Å². The van der Waals surface area contributed by atoms with Crippen LogP contribution < -0.4 is 5.19 Å². The molecule has 5 rings (SSSR count). The first kappa shape index (κ1) is 28.4. The molecule has 0 bridgehead atoms. The van der Waals surface area contributed by atoms with Gasteiger partial charge in [-0.25, -0.2) is 0 Å². The molecule has 0 aliphatic heterocycles. The molecule has 0 spiro atoms. The topological polar surface area (TPSA) is 0 Å². The predicted octanol–water partition coefficient (Wildman–Crippen LogP) is 9.98. The molecule has 0 saturated carbocycles. The van der Waals surface area contributed by atoms with Crippen LogP contribution in [0, 0.1) is 0 Å². The fourth-order valence-corrected chi connectivity index (χ4v) is 60.6. The molecular formula is C29H30Cl5Si2Zr. The number of allylic oxidation sites excluding steroid dienone is 2. The van der Waals surface area contributed by atoms with E-state index in [1.54, 1.807) is 0 Å². The van der Waals surface area contributed by atoms with Crippen LogP contribution in [-0.2, 0) is 15.6 Å². The zero-order valence-electron chi connectivity index (χ0n) is 20.9. The Bertz CT molecular complexity index is 1310. The van der Waals surface area contributed by atoms with E-state index in [0.29, 0.717) is 6.04 Å². The van der Waals surface area contributed by atoms with Crippen LogP contribution in [0.5, 0.6) is 0 Å². The standard InChI is InChI=1S/2C10H9.C9H12Cl3Si2.2ClH.Zr/c2*1-8-6-9-4-2-3-5-10(9)7-8;10-14(11,12)8-4-7-13-9-5-2-1-3-6-9;;;/h2*2-7H,1H3;1-3,5-6,13H,4,7-8H2;2*1H;/q;;;;;+2/p-2. The summed E-state index contributed by atoms with van der Waals surface area (Å²) in [6.07, 6.45) is 5.46. The molecule has 37 heavy (non-hydrogen) atoms. The summed E-state index contributed by atoms with van der Waals surface area (Å²) in [5.74, 6) is -2.02. The van der Waals surface area contributed by atoms with E-state index in [0.717, 1.165) is 12.5 Å². The third-order valence-electron chi connectivity index (χ3n) is 8.21. The molecule has 0 heterocycles. The molecule has 193 valence electrons. The van der Waals surface area contributed by atoms with Gasteiger partial charge in [0.05, 0.1) is 0 Å². The fraction of sp³-hybridized carbons (Fsp3) is 0.241. The van der Waals surface area contributed by atoms with Crippen molar-refractivity contribution in [2.75, 3.05) is 0 Å². The van der Waals surface area contributed by atoms with Crippen LogP contribution in [0.2, 0.25) is 12.1 Å². The van der Waals surface area contributed by atoms with E-state index >= 15 is 0 Å². The maximum absolute atomic E-state index is 8.57. The summed E-state index contributed by atoms with van der Waals surface area (Å²) in [5.41, 5.74) is 7.65. The van der Waals surface area contributed by atoms with Gasteiger partial charge in [0, 0.05) is 0 Å². The van der Waals surface area contributed by atoms with Crippen LogP contribution in [-0.4, -0.2) is 11.9 Å². The zero-order chi connectivity index (χ0) is 26.4. The third-order valence-corrected chi connectivity index (χ3v) is 56.4. The molecule has 0 amide bonds. The molecule has 8 heteroatoms. The van der Waals surface area contributed by atoms with Crippen LogP contribution >= 0.6 is 50.3 Å². The SMILES string of the molecule is CC1=Cc2ccccc2[CH]1[Zr]([Cl])([Cl])([CH]1C(C)=Cc2ccccc21)[SiH](CCC[Si](Cl)(Cl)Cl)c1ccccc1. The van der Waals surface area contributed by atoms with Gasteiger partial charge >= 0.3 is 247 Å². The van der Waals surface area contributed by atoms with Gasteiger partial charge in [-0.2, -0.15) is 0 Å². The molecule has 2 aliphatic rings. The van der Waals surface area contributed by atoms with Gasteiger partial charge in [-0.3, -0.25) is 0 Å². The van der Waals surface area contributed by atoms with E-state index in [2.05, 4.69) is 105 Å². The molecule has 0 aromatic heterocycles. The van der Waals surface area contributed by atoms with E-state index in [4.69, 9.17) is 50.3 Å². The summed E-state index contributed by atoms with van der Waals surface area (Å²) in [6, 6.07) is 27.0. The van der Waals surface area contributed by atoms with E-state index in [1.807, 2.05) is 0 Å². The molecule has 2 aliphatic carbocycles. The Hall–Kier alpha value is -0.0931. The first-order chi connectivity index (χ1) is 17.5. The maximum atomic E-state index is 8.57. The molecule has 0 fully saturated rings. The minimum absolute atomic E-state index is 0.0439. The number of rotatable bonds is 8. The number of hydrogen-bond acceptors (Lipinski definition) is 0. The van der Waals surface area contributed by atoms with Crippen LogP contribution in [0.15, 0.2) is 90.0 Å². The van der Waals surface area contributed by atoms with Crippen molar-refractivity contribution in [3.05, 3.63) is 112 Å². The van der Waals surface area contributed by atoms with Crippen molar-refractivity contribution in [3.63, 3.8) is 0 Å². The monoisotopic (exact) mass is 699 g/mol. The van der Waals surface area contributed by atoms with Crippen molar-refractivity contribution in [1.29, 1.82) is 0 Å². The van der Waals surface area contributed by atoms with Gasteiger partial charge in [0.1, 0.15) is 0 Å². The van der Waals surface area contributed by atoms with Gasteiger partial charge in [0.2, 0.25) is 0 Å². The first-order valence-electron chi connectivity index (χ1n) is 12.7.